The number of nitrogens with one attached hydrogen (secondary N) is 1. The van der Waals surface area contributed by atoms with Gasteiger partial charge in [-0.2, -0.15) is 0 Å². The summed E-state index contributed by atoms with van der Waals surface area (Å²) in [4.78, 5) is 12.2. The van der Waals surface area contributed by atoms with Crippen molar-refractivity contribution in [1.29, 1.82) is 0 Å². The van der Waals surface area contributed by atoms with Crippen LogP contribution in [0.4, 0.5) is 0 Å². The normalized spacial score (nSPS) is 22.1. The summed E-state index contributed by atoms with van der Waals surface area (Å²) in [6, 6.07) is 1.74. The van der Waals surface area contributed by atoms with Crippen molar-refractivity contribution >= 4 is 17.3 Å². The van der Waals surface area contributed by atoms with Crippen molar-refractivity contribution in [3.05, 3.63) is 21.9 Å². The molecule has 2 heterocycles. The van der Waals surface area contributed by atoms with Crippen LogP contribution in [0.1, 0.15) is 16.9 Å². The number of aryl methyl sites for hydroxylation is 1. The van der Waals surface area contributed by atoms with Crippen LogP contribution in [0, 0.1) is 0 Å². The number of hydrogen-bond donors (Lipinski definition) is 2. The van der Waals surface area contributed by atoms with Crippen molar-refractivity contribution in [3.63, 3.8) is 0 Å². The van der Waals surface area contributed by atoms with E-state index in [0.717, 1.165) is 19.4 Å². The molecule has 0 amide bonds. The highest BCUT2D eigenvalue weighted by Gasteiger charge is 2.19. The van der Waals surface area contributed by atoms with E-state index in [1.165, 1.54) is 10.4 Å². The van der Waals surface area contributed by atoms with E-state index in [9.17, 15) is 4.79 Å². The molecule has 4 heteroatoms. The lowest BCUT2D eigenvalue weighted by Gasteiger charge is -2.17. The van der Waals surface area contributed by atoms with E-state index in [1.807, 2.05) is 0 Å². The standard InChI is InChI=1S/C10H13NO2S/c12-10(13)8-2-1-7-4-6-14-9(7)3-5-11-8/h4,6,8,11H,1-3,5H2,(H,12,13). The van der Waals surface area contributed by atoms with Crippen LogP contribution in [0.5, 0.6) is 0 Å². The third-order valence-electron chi connectivity index (χ3n) is 2.58. The second-order valence-electron chi connectivity index (χ2n) is 3.50. The van der Waals surface area contributed by atoms with Crippen LogP contribution in [0.2, 0.25) is 0 Å². The highest BCUT2D eigenvalue weighted by atomic mass is 32.1. The molecule has 1 unspecified atom stereocenters. The topological polar surface area (TPSA) is 49.3 Å². The number of rotatable bonds is 1. The monoisotopic (exact) mass is 211 g/mol. The molecule has 0 aliphatic carbocycles. The third kappa shape index (κ3) is 1.96. The molecule has 14 heavy (non-hydrogen) atoms. The molecule has 2 rings (SSSR count). The van der Waals surface area contributed by atoms with E-state index in [0.29, 0.717) is 6.42 Å². The number of aliphatic carboxylic acids is 1. The zero-order chi connectivity index (χ0) is 9.97. The van der Waals surface area contributed by atoms with E-state index in [-0.39, 0.29) is 6.04 Å². The van der Waals surface area contributed by atoms with Gasteiger partial charge in [0.25, 0.3) is 0 Å². The lowest BCUT2D eigenvalue weighted by Crippen LogP contribution is -2.39. The molecule has 0 fully saturated rings. The Labute approximate surface area is 86.8 Å². The summed E-state index contributed by atoms with van der Waals surface area (Å²) in [6.45, 7) is 0.768. The molecular formula is C10H13NO2S. The summed E-state index contributed by atoms with van der Waals surface area (Å²) in [6.07, 6.45) is 2.53. The van der Waals surface area contributed by atoms with Crippen LogP contribution in [-0.2, 0) is 17.6 Å². The van der Waals surface area contributed by atoms with Crippen molar-refractivity contribution in [1.82, 2.24) is 5.32 Å². The number of carboxylic acids is 1. The molecule has 0 radical (unpaired) electrons. The van der Waals surface area contributed by atoms with Gasteiger partial charge in [0.15, 0.2) is 0 Å². The van der Waals surface area contributed by atoms with Gasteiger partial charge in [-0.1, -0.05) is 0 Å². The first-order valence-corrected chi connectivity index (χ1v) is 5.67. The predicted octanol–water partition coefficient (Wildman–Crippen LogP) is 1.28. The average molecular weight is 211 g/mol. The summed E-state index contributed by atoms with van der Waals surface area (Å²) in [5.74, 6) is -0.733. The molecule has 0 aromatic carbocycles. The first kappa shape index (κ1) is 9.68. The Morgan fingerprint density at radius 1 is 1.57 bits per heavy atom. The van der Waals surface area contributed by atoms with Crippen LogP contribution in [-0.4, -0.2) is 23.7 Å². The molecule has 0 saturated heterocycles. The zero-order valence-electron chi connectivity index (χ0n) is 7.82. The number of thiophene rings is 1. The average Bonchev–Trinajstić information content (AvgIpc) is 2.51. The molecule has 1 aromatic rings. The van der Waals surface area contributed by atoms with Crippen LogP contribution in [0.15, 0.2) is 11.4 Å². The Kier molecular flexibility index (Phi) is 2.84. The largest absolute Gasteiger partial charge is 0.480 e. The maximum absolute atomic E-state index is 10.8. The fourth-order valence-corrected chi connectivity index (χ4v) is 2.72. The van der Waals surface area contributed by atoms with Crippen LogP contribution in [0.25, 0.3) is 0 Å². The molecule has 0 saturated carbocycles. The van der Waals surface area contributed by atoms with Gasteiger partial charge < -0.3 is 10.4 Å². The Morgan fingerprint density at radius 3 is 3.21 bits per heavy atom. The van der Waals surface area contributed by atoms with Gasteiger partial charge in [0.1, 0.15) is 6.04 Å². The van der Waals surface area contributed by atoms with Crippen LogP contribution < -0.4 is 5.32 Å². The molecule has 0 spiro atoms. The zero-order valence-corrected chi connectivity index (χ0v) is 8.64. The summed E-state index contributed by atoms with van der Waals surface area (Å²) in [5, 5.41) is 14.0. The molecule has 3 nitrogen and oxygen atoms in total. The molecule has 1 aromatic heterocycles. The Morgan fingerprint density at radius 2 is 2.43 bits per heavy atom. The molecule has 1 aliphatic heterocycles. The smallest absolute Gasteiger partial charge is 0.320 e. The van der Waals surface area contributed by atoms with E-state index >= 15 is 0 Å². The number of fused-ring (bicyclic) bond motifs is 1. The maximum Gasteiger partial charge on any atom is 0.320 e. The van der Waals surface area contributed by atoms with Crippen molar-refractivity contribution < 1.29 is 9.90 Å². The highest BCUT2D eigenvalue weighted by molar-refractivity contribution is 7.10. The van der Waals surface area contributed by atoms with Gasteiger partial charge in [0, 0.05) is 11.4 Å². The van der Waals surface area contributed by atoms with Crippen LogP contribution in [0.3, 0.4) is 0 Å². The fraction of sp³-hybridized carbons (Fsp3) is 0.500. The second-order valence-corrected chi connectivity index (χ2v) is 4.50. The molecular weight excluding hydrogens is 198 g/mol. The third-order valence-corrected chi connectivity index (χ3v) is 3.60. The van der Waals surface area contributed by atoms with Gasteiger partial charge in [-0.15, -0.1) is 11.3 Å². The molecule has 2 N–H and O–H groups in total. The van der Waals surface area contributed by atoms with E-state index in [4.69, 9.17) is 5.11 Å². The van der Waals surface area contributed by atoms with Gasteiger partial charge in [-0.3, -0.25) is 4.79 Å². The minimum Gasteiger partial charge on any atom is -0.480 e. The Bertz CT molecular complexity index is 335. The second kappa shape index (κ2) is 4.11. The molecule has 76 valence electrons. The predicted molar refractivity (Wildman–Crippen MR) is 55.8 cm³/mol. The molecule has 1 atom stereocenters. The molecule has 0 bridgehead atoms. The van der Waals surface area contributed by atoms with Gasteiger partial charge in [-0.25, -0.2) is 0 Å². The SMILES string of the molecule is O=C(O)C1CCc2ccsc2CCN1. The van der Waals surface area contributed by atoms with Crippen molar-refractivity contribution in [2.24, 2.45) is 0 Å². The number of carbonyl (C=O) groups is 1. The minimum atomic E-state index is -0.733. The minimum absolute atomic E-state index is 0.372. The Balaban J connectivity index is 2.10. The summed E-state index contributed by atoms with van der Waals surface area (Å²) in [7, 11) is 0. The van der Waals surface area contributed by atoms with E-state index in [2.05, 4.69) is 16.8 Å². The van der Waals surface area contributed by atoms with Gasteiger partial charge in [0.2, 0.25) is 0 Å². The van der Waals surface area contributed by atoms with Gasteiger partial charge in [-0.05, 0) is 36.3 Å². The highest BCUT2D eigenvalue weighted by Crippen LogP contribution is 2.21. The van der Waals surface area contributed by atoms with Gasteiger partial charge in [0.05, 0.1) is 0 Å². The summed E-state index contributed by atoms with van der Waals surface area (Å²) in [5.41, 5.74) is 1.34. The van der Waals surface area contributed by atoms with E-state index in [1.54, 1.807) is 11.3 Å². The van der Waals surface area contributed by atoms with Crippen molar-refractivity contribution in [3.8, 4) is 0 Å². The van der Waals surface area contributed by atoms with Crippen molar-refractivity contribution in [2.45, 2.75) is 25.3 Å². The fourth-order valence-electron chi connectivity index (χ4n) is 1.78. The lowest BCUT2D eigenvalue weighted by atomic mass is 10.0. The summed E-state index contributed by atoms with van der Waals surface area (Å²) >= 11 is 1.77. The Hall–Kier alpha value is -0.870. The first-order chi connectivity index (χ1) is 6.77. The van der Waals surface area contributed by atoms with Crippen molar-refractivity contribution in [2.75, 3.05) is 6.54 Å². The van der Waals surface area contributed by atoms with Crippen LogP contribution >= 0.6 is 11.3 Å². The lowest BCUT2D eigenvalue weighted by molar-refractivity contribution is -0.139. The quantitative estimate of drug-likeness (QED) is 0.735. The first-order valence-electron chi connectivity index (χ1n) is 4.79. The summed E-state index contributed by atoms with van der Waals surface area (Å²) < 4.78 is 0. The number of carboxylic acid groups (broad SMARTS) is 1. The van der Waals surface area contributed by atoms with E-state index < -0.39 is 5.97 Å². The maximum atomic E-state index is 10.8. The number of hydrogen-bond acceptors (Lipinski definition) is 3. The molecule has 1 aliphatic rings. The van der Waals surface area contributed by atoms with Gasteiger partial charge >= 0.3 is 5.97 Å².